The number of hydrogen-bond acceptors (Lipinski definition) is 3. The first-order chi connectivity index (χ1) is 6.77. The molecule has 0 aliphatic carbocycles. The molecule has 4 heteroatoms. The largest absolute Gasteiger partial charge is 0.382 e. The van der Waals surface area contributed by atoms with Crippen LogP contribution in [0.1, 0.15) is 17.4 Å². The van der Waals surface area contributed by atoms with Crippen molar-refractivity contribution < 1.29 is 9.50 Å². The highest BCUT2D eigenvalue weighted by atomic mass is 32.1. The van der Waals surface area contributed by atoms with E-state index < -0.39 is 6.10 Å². The van der Waals surface area contributed by atoms with Gasteiger partial charge in [-0.25, -0.2) is 9.37 Å². The van der Waals surface area contributed by atoms with Crippen LogP contribution >= 0.6 is 11.3 Å². The first-order valence-electron chi connectivity index (χ1n) is 4.09. The van der Waals surface area contributed by atoms with Gasteiger partial charge in [0.15, 0.2) is 0 Å². The number of halogens is 1. The van der Waals surface area contributed by atoms with Crippen molar-refractivity contribution in [2.24, 2.45) is 0 Å². The lowest BCUT2D eigenvalue weighted by Gasteiger charge is -2.07. The number of aliphatic hydroxyl groups excluding tert-OH is 1. The van der Waals surface area contributed by atoms with Gasteiger partial charge in [0, 0.05) is 5.38 Å². The summed E-state index contributed by atoms with van der Waals surface area (Å²) in [4.78, 5) is 3.99. The van der Waals surface area contributed by atoms with Crippen molar-refractivity contribution in [1.29, 1.82) is 0 Å². The van der Waals surface area contributed by atoms with Crippen LogP contribution in [0.15, 0.2) is 35.2 Å². The van der Waals surface area contributed by atoms with Crippen LogP contribution in [0, 0.1) is 5.82 Å². The first kappa shape index (κ1) is 9.30. The van der Waals surface area contributed by atoms with Gasteiger partial charge in [-0.3, -0.25) is 0 Å². The van der Waals surface area contributed by atoms with Crippen LogP contribution < -0.4 is 0 Å². The molecule has 1 heterocycles. The highest BCUT2D eigenvalue weighted by Crippen LogP contribution is 2.21. The zero-order chi connectivity index (χ0) is 9.97. The van der Waals surface area contributed by atoms with Gasteiger partial charge in [0.25, 0.3) is 0 Å². The first-order valence-corrected chi connectivity index (χ1v) is 5.03. The van der Waals surface area contributed by atoms with Crippen LogP contribution in [0.5, 0.6) is 0 Å². The second kappa shape index (κ2) is 3.86. The molecular weight excluding hydrogens is 201 g/mol. The highest BCUT2D eigenvalue weighted by molar-refractivity contribution is 7.07. The van der Waals surface area contributed by atoms with Crippen LogP contribution in [-0.2, 0) is 0 Å². The molecule has 1 unspecified atom stereocenters. The minimum absolute atomic E-state index is 0.306. The van der Waals surface area contributed by atoms with E-state index >= 15 is 0 Å². The molecule has 0 aliphatic heterocycles. The number of nitrogens with zero attached hydrogens (tertiary/aromatic N) is 1. The average Bonchev–Trinajstić information content (AvgIpc) is 2.71. The Morgan fingerprint density at radius 1 is 1.29 bits per heavy atom. The van der Waals surface area contributed by atoms with Crippen molar-refractivity contribution in [2.75, 3.05) is 0 Å². The molecule has 1 aromatic heterocycles. The summed E-state index contributed by atoms with van der Waals surface area (Å²) in [7, 11) is 0. The Kier molecular flexibility index (Phi) is 2.56. The normalized spacial score (nSPS) is 12.7. The predicted molar refractivity (Wildman–Crippen MR) is 52.6 cm³/mol. The summed E-state index contributed by atoms with van der Waals surface area (Å²) in [5.74, 6) is -0.306. The van der Waals surface area contributed by atoms with Gasteiger partial charge in [-0.1, -0.05) is 12.1 Å². The molecule has 1 aromatic carbocycles. The third-order valence-electron chi connectivity index (χ3n) is 1.92. The van der Waals surface area contributed by atoms with Gasteiger partial charge < -0.3 is 5.11 Å². The molecule has 1 N–H and O–H groups in total. The summed E-state index contributed by atoms with van der Waals surface area (Å²) >= 11 is 1.42. The Morgan fingerprint density at radius 2 is 2.00 bits per heavy atom. The lowest BCUT2D eigenvalue weighted by Crippen LogP contribution is -1.99. The second-order valence-electron chi connectivity index (χ2n) is 2.87. The molecule has 2 rings (SSSR count). The molecule has 2 aromatic rings. The van der Waals surface area contributed by atoms with E-state index in [4.69, 9.17) is 0 Å². The molecule has 1 atom stereocenters. The van der Waals surface area contributed by atoms with Gasteiger partial charge >= 0.3 is 0 Å². The third-order valence-corrected chi connectivity index (χ3v) is 2.52. The maximum atomic E-state index is 12.6. The Bertz CT molecular complexity index is 399. The van der Waals surface area contributed by atoms with Gasteiger partial charge in [0.2, 0.25) is 0 Å². The third kappa shape index (κ3) is 1.81. The number of benzene rings is 1. The number of rotatable bonds is 2. The van der Waals surface area contributed by atoms with Gasteiger partial charge in [0.1, 0.15) is 11.9 Å². The Balaban J connectivity index is 2.28. The summed E-state index contributed by atoms with van der Waals surface area (Å²) in [6.45, 7) is 0. The molecule has 0 radical (unpaired) electrons. The minimum atomic E-state index is -0.762. The van der Waals surface area contributed by atoms with E-state index in [1.807, 2.05) is 0 Å². The van der Waals surface area contributed by atoms with E-state index in [1.165, 1.54) is 23.5 Å². The maximum Gasteiger partial charge on any atom is 0.123 e. The Morgan fingerprint density at radius 3 is 2.57 bits per heavy atom. The van der Waals surface area contributed by atoms with E-state index in [-0.39, 0.29) is 5.82 Å². The lowest BCUT2D eigenvalue weighted by atomic mass is 10.1. The van der Waals surface area contributed by atoms with Crippen molar-refractivity contribution >= 4 is 11.3 Å². The fourth-order valence-corrected chi connectivity index (χ4v) is 1.75. The fourth-order valence-electron chi connectivity index (χ4n) is 1.17. The quantitative estimate of drug-likeness (QED) is 0.823. The monoisotopic (exact) mass is 209 g/mol. The zero-order valence-electron chi connectivity index (χ0n) is 7.22. The van der Waals surface area contributed by atoms with Crippen LogP contribution in [0.2, 0.25) is 0 Å². The van der Waals surface area contributed by atoms with Crippen molar-refractivity contribution in [3.05, 3.63) is 52.2 Å². The topological polar surface area (TPSA) is 33.1 Å². The molecule has 0 aliphatic rings. The molecular formula is C10H8FNOS. The molecule has 0 saturated carbocycles. The number of thiazole rings is 1. The maximum absolute atomic E-state index is 12.6. The molecule has 0 fully saturated rings. The van der Waals surface area contributed by atoms with Crippen LogP contribution in [0.4, 0.5) is 4.39 Å². The van der Waals surface area contributed by atoms with Crippen molar-refractivity contribution in [2.45, 2.75) is 6.10 Å². The minimum Gasteiger partial charge on any atom is -0.382 e. The fraction of sp³-hybridized carbons (Fsp3) is 0.100. The molecule has 0 spiro atoms. The summed E-state index contributed by atoms with van der Waals surface area (Å²) < 4.78 is 12.6. The molecule has 0 bridgehead atoms. The number of hydrogen-bond donors (Lipinski definition) is 1. The van der Waals surface area contributed by atoms with Crippen LogP contribution in [0.3, 0.4) is 0 Å². The summed E-state index contributed by atoms with van der Waals surface area (Å²) in [5.41, 5.74) is 2.90. The zero-order valence-corrected chi connectivity index (χ0v) is 8.04. The Hall–Kier alpha value is -1.26. The van der Waals surface area contributed by atoms with E-state index in [9.17, 15) is 9.50 Å². The van der Waals surface area contributed by atoms with Gasteiger partial charge in [-0.2, -0.15) is 0 Å². The number of aliphatic hydroxyl groups is 1. The summed E-state index contributed by atoms with van der Waals surface area (Å²) in [6, 6.07) is 5.76. The molecule has 0 amide bonds. The van der Waals surface area contributed by atoms with Crippen molar-refractivity contribution in [3.63, 3.8) is 0 Å². The molecule has 2 nitrogen and oxygen atoms in total. The smallest absolute Gasteiger partial charge is 0.123 e. The highest BCUT2D eigenvalue weighted by Gasteiger charge is 2.11. The van der Waals surface area contributed by atoms with E-state index in [0.717, 1.165) is 0 Å². The number of aromatic nitrogens is 1. The van der Waals surface area contributed by atoms with Crippen LogP contribution in [-0.4, -0.2) is 10.1 Å². The van der Waals surface area contributed by atoms with E-state index in [0.29, 0.717) is 11.3 Å². The summed E-state index contributed by atoms with van der Waals surface area (Å²) in [5, 5.41) is 11.6. The average molecular weight is 209 g/mol. The summed E-state index contributed by atoms with van der Waals surface area (Å²) in [6.07, 6.45) is -0.762. The van der Waals surface area contributed by atoms with Gasteiger partial charge in [0.05, 0.1) is 11.2 Å². The Labute approximate surface area is 84.7 Å². The van der Waals surface area contributed by atoms with Crippen LogP contribution in [0.25, 0.3) is 0 Å². The molecule has 0 saturated heterocycles. The lowest BCUT2D eigenvalue weighted by molar-refractivity contribution is 0.216. The predicted octanol–water partition coefficient (Wildman–Crippen LogP) is 2.36. The van der Waals surface area contributed by atoms with Gasteiger partial charge in [-0.15, -0.1) is 11.3 Å². The SMILES string of the molecule is OC(c1ccc(F)cc1)c1cscn1. The van der Waals surface area contributed by atoms with E-state index in [2.05, 4.69) is 4.98 Å². The van der Waals surface area contributed by atoms with Gasteiger partial charge in [-0.05, 0) is 17.7 Å². The second-order valence-corrected chi connectivity index (χ2v) is 3.59. The van der Waals surface area contributed by atoms with E-state index in [1.54, 1.807) is 23.0 Å². The van der Waals surface area contributed by atoms with Crippen molar-refractivity contribution in [3.8, 4) is 0 Å². The molecule has 72 valence electrons. The van der Waals surface area contributed by atoms with Crippen molar-refractivity contribution in [1.82, 2.24) is 4.98 Å². The standard InChI is InChI=1S/C10H8FNOS/c11-8-3-1-7(2-4-8)10(13)9-5-14-6-12-9/h1-6,10,13H. The molecule has 14 heavy (non-hydrogen) atoms.